The summed E-state index contributed by atoms with van der Waals surface area (Å²) in [6.07, 6.45) is 5.98. The number of hydrogen-bond donors (Lipinski definition) is 1. The van der Waals surface area contributed by atoms with E-state index in [9.17, 15) is 9.50 Å². The molecule has 0 saturated heterocycles. The number of hydrogen-bond acceptors (Lipinski definition) is 2. The van der Waals surface area contributed by atoms with Crippen molar-refractivity contribution in [2.45, 2.75) is 52.1 Å². The average molecular weight is 323 g/mol. The normalized spacial score (nSPS) is 15.2. The minimum absolute atomic E-state index is 0.274. The molecule has 118 valence electrons. The van der Waals surface area contributed by atoms with Gasteiger partial charge in [0.05, 0.1) is 6.10 Å². The van der Waals surface area contributed by atoms with Crippen molar-refractivity contribution in [1.82, 2.24) is 0 Å². The number of halogens is 2. The van der Waals surface area contributed by atoms with E-state index in [0.717, 1.165) is 12.8 Å². The van der Waals surface area contributed by atoms with Crippen molar-refractivity contribution in [1.29, 1.82) is 0 Å². The summed E-state index contributed by atoms with van der Waals surface area (Å²) >= 11 is 7.03. The van der Waals surface area contributed by atoms with Crippen LogP contribution in [0.5, 0.6) is 0 Å². The van der Waals surface area contributed by atoms with E-state index < -0.39 is 0 Å². The predicted molar refractivity (Wildman–Crippen MR) is 90.3 cm³/mol. The van der Waals surface area contributed by atoms with Crippen LogP contribution in [-0.2, 0) is 0 Å². The van der Waals surface area contributed by atoms with Gasteiger partial charge in [0.2, 0.25) is 0 Å². The van der Waals surface area contributed by atoms with Gasteiger partial charge < -0.3 is 5.11 Å². The lowest BCUT2D eigenvalue weighted by Crippen LogP contribution is -2.12. The topological polar surface area (TPSA) is 20.2 Å². The summed E-state index contributed by atoms with van der Waals surface area (Å²) in [5, 5.41) is 9.88. The molecule has 1 nitrogen and oxygen atoms in total. The van der Waals surface area contributed by atoms with Gasteiger partial charge in [-0.3, -0.25) is 0 Å². The number of rotatable bonds is 12. The zero-order chi connectivity index (χ0) is 15.4. The van der Waals surface area contributed by atoms with E-state index in [2.05, 4.69) is 20.4 Å². The number of alkyl halides is 1. The number of thioether (sulfide) groups is 1. The molecule has 2 atom stereocenters. The highest BCUT2D eigenvalue weighted by molar-refractivity contribution is 7.99. The van der Waals surface area contributed by atoms with Crippen LogP contribution in [0.1, 0.15) is 46.0 Å². The fourth-order valence-electron chi connectivity index (χ4n) is 1.91. The summed E-state index contributed by atoms with van der Waals surface area (Å²) in [7, 11) is 0. The minimum Gasteiger partial charge on any atom is -0.392 e. The Bertz CT molecular complexity index is 294. The Morgan fingerprint density at radius 3 is 2.70 bits per heavy atom. The lowest BCUT2D eigenvalue weighted by Gasteiger charge is -2.14. The van der Waals surface area contributed by atoms with Crippen molar-refractivity contribution >= 4 is 23.4 Å². The quantitative estimate of drug-likeness (QED) is 0.387. The summed E-state index contributed by atoms with van der Waals surface area (Å²) in [4.78, 5) is 0. The molecular weight excluding hydrogens is 295 g/mol. The van der Waals surface area contributed by atoms with E-state index >= 15 is 0 Å². The molecule has 1 N–H and O–H groups in total. The van der Waals surface area contributed by atoms with Gasteiger partial charge in [0, 0.05) is 17.4 Å². The second-order valence-electron chi connectivity index (χ2n) is 5.27. The first-order valence-corrected chi connectivity index (χ1v) is 9.05. The van der Waals surface area contributed by atoms with Crippen LogP contribution in [0.3, 0.4) is 0 Å². The van der Waals surface area contributed by atoms with E-state index in [-0.39, 0.29) is 11.9 Å². The molecule has 0 saturated carbocycles. The van der Waals surface area contributed by atoms with Crippen molar-refractivity contribution in [3.8, 4) is 0 Å². The van der Waals surface area contributed by atoms with E-state index in [0.29, 0.717) is 35.3 Å². The average Bonchev–Trinajstić information content (AvgIpc) is 2.42. The lowest BCUT2D eigenvalue weighted by atomic mass is 9.99. The Labute approximate surface area is 132 Å². The Morgan fingerprint density at radius 2 is 2.10 bits per heavy atom. The zero-order valence-corrected chi connectivity index (χ0v) is 14.3. The predicted octanol–water partition coefficient (Wildman–Crippen LogP) is 5.34. The molecule has 4 heteroatoms. The number of aliphatic hydroxyl groups is 1. The van der Waals surface area contributed by atoms with Crippen LogP contribution < -0.4 is 0 Å². The molecule has 0 amide bonds. The fourth-order valence-corrected chi connectivity index (χ4v) is 2.96. The summed E-state index contributed by atoms with van der Waals surface area (Å²) in [5.41, 5.74) is 0.478. The third-order valence-corrected chi connectivity index (χ3v) is 4.52. The standard InChI is InChI=1S/C16H28ClFOS/c1-4-6-13(2)8-9-15(19)12-20-11-14(3)16(18)7-5-10-17/h7,13,15,19H,3-6,8-12H2,1-2H3/b16-7+. The lowest BCUT2D eigenvalue weighted by molar-refractivity contribution is 0.178. The maximum absolute atomic E-state index is 13.5. The first-order valence-electron chi connectivity index (χ1n) is 7.36. The van der Waals surface area contributed by atoms with Crippen LogP contribution in [0.25, 0.3) is 0 Å². The van der Waals surface area contributed by atoms with Crippen LogP contribution in [0.15, 0.2) is 24.1 Å². The summed E-state index contributed by atoms with van der Waals surface area (Å²) < 4.78 is 13.5. The van der Waals surface area contributed by atoms with E-state index in [1.807, 2.05) is 0 Å². The van der Waals surface area contributed by atoms with Gasteiger partial charge in [-0.25, -0.2) is 4.39 Å². The van der Waals surface area contributed by atoms with Crippen molar-refractivity contribution in [2.75, 3.05) is 17.4 Å². The zero-order valence-electron chi connectivity index (χ0n) is 12.7. The molecule has 0 aromatic rings. The molecule has 0 spiro atoms. The summed E-state index contributed by atoms with van der Waals surface area (Å²) in [5.74, 6) is 1.98. The summed E-state index contributed by atoms with van der Waals surface area (Å²) in [6, 6.07) is 0. The monoisotopic (exact) mass is 322 g/mol. The summed E-state index contributed by atoms with van der Waals surface area (Å²) in [6.45, 7) is 8.12. The van der Waals surface area contributed by atoms with E-state index in [4.69, 9.17) is 11.6 Å². The van der Waals surface area contributed by atoms with Gasteiger partial charge in [-0.05, 0) is 36.8 Å². The van der Waals surface area contributed by atoms with Crippen molar-refractivity contribution < 1.29 is 9.50 Å². The SMILES string of the molecule is C=C(CSCC(O)CCC(C)CCC)/C(F)=C\CCCl. The van der Waals surface area contributed by atoms with Gasteiger partial charge in [-0.2, -0.15) is 11.8 Å². The first kappa shape index (κ1) is 20.0. The van der Waals surface area contributed by atoms with Gasteiger partial charge in [-0.1, -0.05) is 33.3 Å². The molecule has 0 aliphatic carbocycles. The van der Waals surface area contributed by atoms with Crippen LogP contribution in [0, 0.1) is 5.92 Å². The largest absolute Gasteiger partial charge is 0.392 e. The van der Waals surface area contributed by atoms with Gasteiger partial charge in [0.25, 0.3) is 0 Å². The Kier molecular flexibility index (Phi) is 12.7. The third-order valence-electron chi connectivity index (χ3n) is 3.13. The number of aliphatic hydroxyl groups excluding tert-OH is 1. The van der Waals surface area contributed by atoms with Gasteiger partial charge in [0.1, 0.15) is 5.83 Å². The van der Waals surface area contributed by atoms with Crippen LogP contribution in [-0.4, -0.2) is 28.6 Å². The van der Waals surface area contributed by atoms with Gasteiger partial charge in [0.15, 0.2) is 0 Å². The highest BCUT2D eigenvalue weighted by Crippen LogP contribution is 2.19. The molecule has 0 radical (unpaired) electrons. The van der Waals surface area contributed by atoms with E-state index in [1.165, 1.54) is 30.7 Å². The molecule has 0 bridgehead atoms. The van der Waals surface area contributed by atoms with Crippen molar-refractivity contribution in [3.05, 3.63) is 24.1 Å². The smallest absolute Gasteiger partial charge is 0.122 e. The van der Waals surface area contributed by atoms with Gasteiger partial charge in [-0.15, -0.1) is 11.6 Å². The molecule has 0 aromatic heterocycles. The van der Waals surface area contributed by atoms with Crippen LogP contribution in [0.2, 0.25) is 0 Å². The Balaban J connectivity index is 3.75. The van der Waals surface area contributed by atoms with Crippen molar-refractivity contribution in [3.63, 3.8) is 0 Å². The van der Waals surface area contributed by atoms with Crippen molar-refractivity contribution in [2.24, 2.45) is 5.92 Å². The maximum atomic E-state index is 13.5. The molecular formula is C16H28ClFOS. The van der Waals surface area contributed by atoms with Crippen LogP contribution >= 0.6 is 23.4 Å². The second-order valence-corrected chi connectivity index (χ2v) is 6.68. The Hall–Kier alpha value is 0.01000. The molecule has 0 aliphatic rings. The molecule has 2 unspecified atom stereocenters. The van der Waals surface area contributed by atoms with Gasteiger partial charge >= 0.3 is 0 Å². The molecule has 0 rings (SSSR count). The second kappa shape index (κ2) is 12.7. The van der Waals surface area contributed by atoms with Crippen LogP contribution in [0.4, 0.5) is 4.39 Å². The van der Waals surface area contributed by atoms with E-state index in [1.54, 1.807) is 0 Å². The highest BCUT2D eigenvalue weighted by atomic mass is 35.5. The molecule has 0 aromatic carbocycles. The molecule has 0 heterocycles. The molecule has 20 heavy (non-hydrogen) atoms. The number of allylic oxidation sites excluding steroid dienone is 2. The maximum Gasteiger partial charge on any atom is 0.122 e. The molecule has 0 aliphatic heterocycles. The minimum atomic E-state index is -0.304. The molecule has 0 fully saturated rings. The highest BCUT2D eigenvalue weighted by Gasteiger charge is 2.09. The third kappa shape index (κ3) is 10.8. The Morgan fingerprint density at radius 1 is 1.40 bits per heavy atom. The fraction of sp³-hybridized carbons (Fsp3) is 0.750. The first-order chi connectivity index (χ1) is 9.51.